The molecule has 7 heteroatoms. The number of furan rings is 1. The van der Waals surface area contributed by atoms with Crippen LogP contribution in [0.3, 0.4) is 0 Å². The van der Waals surface area contributed by atoms with E-state index < -0.39 is 5.91 Å². The number of nitrogens with two attached hydrogens (primary N) is 1. The van der Waals surface area contributed by atoms with Gasteiger partial charge in [0.2, 0.25) is 11.8 Å². The van der Waals surface area contributed by atoms with Crippen molar-refractivity contribution in [1.29, 1.82) is 0 Å². The molecule has 0 radical (unpaired) electrons. The molecule has 0 atom stereocenters. The van der Waals surface area contributed by atoms with Gasteiger partial charge in [-0.15, -0.1) is 0 Å². The van der Waals surface area contributed by atoms with Gasteiger partial charge in [0.05, 0.1) is 12.1 Å². The number of carbonyl (C=O) groups excluding carboxylic acids is 3. The molecule has 3 amide bonds. The summed E-state index contributed by atoms with van der Waals surface area (Å²) in [6, 6.07) is 1.46. The number of nitrogens with one attached hydrogen (secondary N) is 1. The molecule has 108 valence electrons. The van der Waals surface area contributed by atoms with Gasteiger partial charge in [-0.3, -0.25) is 24.7 Å². The van der Waals surface area contributed by atoms with E-state index in [4.69, 9.17) is 10.3 Å². The predicted octanol–water partition coefficient (Wildman–Crippen LogP) is 0.558. The lowest BCUT2D eigenvalue weighted by atomic mass is 9.82. The minimum atomic E-state index is -0.488. The smallest absolute Gasteiger partial charge is 0.268 e. The highest BCUT2D eigenvalue weighted by Gasteiger charge is 2.37. The molecule has 1 aliphatic rings. The van der Waals surface area contributed by atoms with Gasteiger partial charge in [0.25, 0.3) is 5.91 Å². The first kappa shape index (κ1) is 14.3. The quantitative estimate of drug-likeness (QED) is 0.364. The van der Waals surface area contributed by atoms with Gasteiger partial charge in [-0.05, 0) is 11.5 Å². The van der Waals surface area contributed by atoms with Gasteiger partial charge in [-0.25, -0.2) is 5.84 Å². The Balaban J connectivity index is 2.10. The first-order valence-corrected chi connectivity index (χ1v) is 6.24. The van der Waals surface area contributed by atoms with Crippen LogP contribution < -0.4 is 11.3 Å². The zero-order chi connectivity index (χ0) is 14.9. The minimum absolute atomic E-state index is 0.0333. The standard InChI is InChI=1S/C13H17N3O4/c1-13(2)4-10(17)16(11(18)5-13)6-9-3-8(7-20-9)12(19)15-14/h3,7H,4-6,14H2,1-2H3,(H,15,19). The Bertz CT molecular complexity index is 542. The second-order valence-electron chi connectivity index (χ2n) is 5.67. The molecule has 1 fully saturated rings. The summed E-state index contributed by atoms with van der Waals surface area (Å²) in [7, 11) is 0. The Morgan fingerprint density at radius 3 is 2.55 bits per heavy atom. The minimum Gasteiger partial charge on any atom is -0.467 e. The topological polar surface area (TPSA) is 106 Å². The van der Waals surface area contributed by atoms with Gasteiger partial charge in [0.15, 0.2) is 0 Å². The normalized spacial score (nSPS) is 18.2. The van der Waals surface area contributed by atoms with Crippen LogP contribution in [0.4, 0.5) is 0 Å². The summed E-state index contributed by atoms with van der Waals surface area (Å²) in [6.45, 7) is 3.80. The van der Waals surface area contributed by atoms with Gasteiger partial charge in [-0.1, -0.05) is 13.8 Å². The van der Waals surface area contributed by atoms with Gasteiger partial charge in [-0.2, -0.15) is 0 Å². The number of hydrogen-bond acceptors (Lipinski definition) is 5. The number of imide groups is 1. The SMILES string of the molecule is CC1(C)CC(=O)N(Cc2cc(C(=O)NN)co2)C(=O)C1. The molecule has 0 unspecified atom stereocenters. The third-order valence-electron chi connectivity index (χ3n) is 3.22. The summed E-state index contributed by atoms with van der Waals surface area (Å²) in [6.07, 6.45) is 1.87. The van der Waals surface area contributed by atoms with Crippen molar-refractivity contribution in [3.63, 3.8) is 0 Å². The molecule has 1 aliphatic heterocycles. The zero-order valence-electron chi connectivity index (χ0n) is 11.4. The summed E-state index contributed by atoms with van der Waals surface area (Å²) in [5.41, 5.74) is 1.92. The lowest BCUT2D eigenvalue weighted by Gasteiger charge is -2.34. The van der Waals surface area contributed by atoms with Crippen LogP contribution >= 0.6 is 0 Å². The molecular formula is C13H17N3O4. The maximum atomic E-state index is 12.0. The van der Waals surface area contributed by atoms with Crippen molar-refractivity contribution in [2.24, 2.45) is 11.3 Å². The molecule has 1 aromatic heterocycles. The molecule has 1 aromatic rings. The van der Waals surface area contributed by atoms with Crippen molar-refractivity contribution in [2.75, 3.05) is 0 Å². The van der Waals surface area contributed by atoms with Crippen molar-refractivity contribution in [1.82, 2.24) is 10.3 Å². The summed E-state index contributed by atoms with van der Waals surface area (Å²) < 4.78 is 5.18. The highest BCUT2D eigenvalue weighted by Crippen LogP contribution is 2.32. The average molecular weight is 279 g/mol. The van der Waals surface area contributed by atoms with Crippen LogP contribution in [0.1, 0.15) is 42.8 Å². The summed E-state index contributed by atoms with van der Waals surface area (Å²) in [4.78, 5) is 36.4. The van der Waals surface area contributed by atoms with E-state index in [2.05, 4.69) is 0 Å². The molecule has 7 nitrogen and oxygen atoms in total. The lowest BCUT2D eigenvalue weighted by Crippen LogP contribution is -2.45. The number of hydrazine groups is 1. The number of carbonyl (C=O) groups is 3. The molecule has 0 aliphatic carbocycles. The number of nitrogen functional groups attached to an aromatic ring is 1. The molecule has 1 saturated heterocycles. The number of likely N-dealkylation sites (tertiary alicyclic amines) is 1. The van der Waals surface area contributed by atoms with E-state index in [1.54, 1.807) is 0 Å². The average Bonchev–Trinajstić information content (AvgIpc) is 2.80. The Morgan fingerprint density at radius 1 is 1.40 bits per heavy atom. The maximum absolute atomic E-state index is 12.0. The molecule has 0 spiro atoms. The van der Waals surface area contributed by atoms with Crippen LogP contribution in [-0.4, -0.2) is 22.6 Å². The summed E-state index contributed by atoms with van der Waals surface area (Å²) in [5.74, 6) is 4.43. The molecule has 3 N–H and O–H groups in total. The van der Waals surface area contributed by atoms with E-state index in [0.29, 0.717) is 18.6 Å². The first-order valence-electron chi connectivity index (χ1n) is 6.24. The van der Waals surface area contributed by atoms with Crippen molar-refractivity contribution in [3.8, 4) is 0 Å². The molecule has 2 rings (SSSR count). The monoisotopic (exact) mass is 279 g/mol. The highest BCUT2D eigenvalue weighted by atomic mass is 16.3. The number of nitrogens with zero attached hydrogens (tertiary/aromatic N) is 1. The van der Waals surface area contributed by atoms with E-state index in [0.717, 1.165) is 4.90 Å². The number of amides is 3. The van der Waals surface area contributed by atoms with E-state index in [1.165, 1.54) is 12.3 Å². The predicted molar refractivity (Wildman–Crippen MR) is 68.9 cm³/mol. The fraction of sp³-hybridized carbons (Fsp3) is 0.462. The largest absolute Gasteiger partial charge is 0.467 e. The molecule has 0 saturated carbocycles. The fourth-order valence-electron chi connectivity index (χ4n) is 2.21. The first-order chi connectivity index (χ1) is 9.32. The Labute approximate surface area is 116 Å². The molecule has 20 heavy (non-hydrogen) atoms. The van der Waals surface area contributed by atoms with Crippen molar-refractivity contribution in [2.45, 2.75) is 33.2 Å². The molecular weight excluding hydrogens is 262 g/mol. The lowest BCUT2D eigenvalue weighted by molar-refractivity contribution is -0.153. The van der Waals surface area contributed by atoms with Gasteiger partial charge in [0.1, 0.15) is 12.0 Å². The highest BCUT2D eigenvalue weighted by molar-refractivity contribution is 5.98. The molecule has 0 bridgehead atoms. The number of rotatable bonds is 3. The van der Waals surface area contributed by atoms with Crippen LogP contribution in [0, 0.1) is 5.41 Å². The van der Waals surface area contributed by atoms with E-state index in [9.17, 15) is 14.4 Å². The van der Waals surface area contributed by atoms with E-state index >= 15 is 0 Å². The Kier molecular flexibility index (Phi) is 3.63. The van der Waals surface area contributed by atoms with Crippen molar-refractivity contribution in [3.05, 3.63) is 23.7 Å². The van der Waals surface area contributed by atoms with Crippen LogP contribution in [0.15, 0.2) is 16.7 Å². The van der Waals surface area contributed by atoms with Crippen LogP contribution in [0.2, 0.25) is 0 Å². The number of hydrogen-bond donors (Lipinski definition) is 2. The van der Waals surface area contributed by atoms with Crippen molar-refractivity contribution < 1.29 is 18.8 Å². The summed E-state index contributed by atoms with van der Waals surface area (Å²) in [5, 5.41) is 0. The second kappa shape index (κ2) is 5.09. The van der Waals surface area contributed by atoms with Crippen LogP contribution in [0.5, 0.6) is 0 Å². The zero-order valence-corrected chi connectivity index (χ0v) is 11.4. The van der Waals surface area contributed by atoms with Gasteiger partial charge >= 0.3 is 0 Å². The molecule has 2 heterocycles. The van der Waals surface area contributed by atoms with E-state index in [-0.39, 0.29) is 29.3 Å². The van der Waals surface area contributed by atoms with Crippen LogP contribution in [-0.2, 0) is 16.1 Å². The third-order valence-corrected chi connectivity index (χ3v) is 3.22. The van der Waals surface area contributed by atoms with Crippen molar-refractivity contribution >= 4 is 17.7 Å². The third kappa shape index (κ3) is 2.88. The maximum Gasteiger partial charge on any atom is 0.268 e. The summed E-state index contributed by atoms with van der Waals surface area (Å²) >= 11 is 0. The fourth-order valence-corrected chi connectivity index (χ4v) is 2.21. The number of piperidine rings is 1. The van der Waals surface area contributed by atoms with Gasteiger partial charge in [0, 0.05) is 12.8 Å². The molecule has 0 aromatic carbocycles. The van der Waals surface area contributed by atoms with Crippen LogP contribution in [0.25, 0.3) is 0 Å². The van der Waals surface area contributed by atoms with E-state index in [1.807, 2.05) is 19.3 Å². The Hall–Kier alpha value is -2.15. The van der Waals surface area contributed by atoms with Gasteiger partial charge < -0.3 is 4.42 Å². The second-order valence-corrected chi connectivity index (χ2v) is 5.67. The Morgan fingerprint density at radius 2 is 2.00 bits per heavy atom.